The summed E-state index contributed by atoms with van der Waals surface area (Å²) in [7, 11) is 2.99. The van der Waals surface area contributed by atoms with Crippen molar-refractivity contribution in [3.05, 3.63) is 53.6 Å². The summed E-state index contributed by atoms with van der Waals surface area (Å²) in [4.78, 5) is 11.9. The molecule has 0 heterocycles. The average Bonchev–Trinajstić information content (AvgIpc) is 2.56. The first-order valence-electron chi connectivity index (χ1n) is 6.49. The van der Waals surface area contributed by atoms with E-state index in [2.05, 4.69) is 10.5 Å². The van der Waals surface area contributed by atoms with Gasteiger partial charge in [0.15, 0.2) is 11.5 Å². The normalized spacial score (nSPS) is 10.5. The fourth-order valence-electron chi connectivity index (χ4n) is 1.80. The molecule has 2 rings (SSSR count). The molecule has 6 nitrogen and oxygen atoms in total. The predicted octanol–water partition coefficient (Wildman–Crippen LogP) is 2.17. The molecular weight excluding hydrogens is 284 g/mol. The topological polar surface area (TPSA) is 80.2 Å². The number of hydrogen-bond acceptors (Lipinski definition) is 5. The summed E-state index contributed by atoms with van der Waals surface area (Å²) in [6, 6.07) is 11.7. The zero-order chi connectivity index (χ0) is 15.9. The van der Waals surface area contributed by atoms with E-state index in [1.54, 1.807) is 42.5 Å². The zero-order valence-corrected chi connectivity index (χ0v) is 12.2. The van der Waals surface area contributed by atoms with Crippen molar-refractivity contribution in [2.45, 2.75) is 0 Å². The van der Waals surface area contributed by atoms with Crippen molar-refractivity contribution in [3.63, 3.8) is 0 Å². The molecule has 1 amide bonds. The van der Waals surface area contributed by atoms with E-state index in [-0.39, 0.29) is 11.7 Å². The van der Waals surface area contributed by atoms with Crippen molar-refractivity contribution in [1.29, 1.82) is 0 Å². The van der Waals surface area contributed by atoms with Gasteiger partial charge in [0.1, 0.15) is 5.75 Å². The number of phenolic OH excluding ortho intramolecular Hbond substituents is 1. The second-order valence-electron chi connectivity index (χ2n) is 4.33. The summed E-state index contributed by atoms with van der Waals surface area (Å²) >= 11 is 0. The minimum atomic E-state index is -0.377. The van der Waals surface area contributed by atoms with Gasteiger partial charge >= 0.3 is 0 Å². The maximum absolute atomic E-state index is 11.9. The first-order chi connectivity index (χ1) is 10.7. The molecule has 0 bridgehead atoms. The van der Waals surface area contributed by atoms with Crippen LogP contribution in [-0.2, 0) is 0 Å². The van der Waals surface area contributed by atoms with Crippen molar-refractivity contribution < 1.29 is 19.4 Å². The van der Waals surface area contributed by atoms with Crippen molar-refractivity contribution in [2.24, 2.45) is 5.10 Å². The lowest BCUT2D eigenvalue weighted by atomic mass is 10.2. The lowest BCUT2D eigenvalue weighted by Gasteiger charge is -2.05. The second kappa shape index (κ2) is 7.12. The van der Waals surface area contributed by atoms with Crippen LogP contribution in [0.2, 0.25) is 0 Å². The van der Waals surface area contributed by atoms with Crippen LogP contribution in [0.3, 0.4) is 0 Å². The molecule has 2 aromatic rings. The van der Waals surface area contributed by atoms with E-state index >= 15 is 0 Å². The molecule has 0 fully saturated rings. The molecule has 114 valence electrons. The number of para-hydroxylation sites is 1. The number of phenols is 1. The number of benzene rings is 2. The highest BCUT2D eigenvalue weighted by molar-refractivity contribution is 5.95. The highest BCUT2D eigenvalue weighted by Gasteiger charge is 2.07. The Labute approximate surface area is 128 Å². The van der Waals surface area contributed by atoms with Gasteiger partial charge in [0, 0.05) is 11.1 Å². The van der Waals surface area contributed by atoms with Gasteiger partial charge in [-0.1, -0.05) is 12.1 Å². The molecule has 0 spiro atoms. The number of nitrogens with one attached hydrogen (secondary N) is 1. The van der Waals surface area contributed by atoms with Crippen molar-refractivity contribution in [2.75, 3.05) is 14.2 Å². The molecule has 0 atom stereocenters. The zero-order valence-electron chi connectivity index (χ0n) is 12.2. The summed E-state index contributed by atoms with van der Waals surface area (Å²) in [6.07, 6.45) is 1.34. The number of aromatic hydroxyl groups is 1. The van der Waals surface area contributed by atoms with Crippen LogP contribution in [0.25, 0.3) is 0 Å². The summed E-state index contributed by atoms with van der Waals surface area (Å²) in [5.41, 5.74) is 3.24. The second-order valence-corrected chi connectivity index (χ2v) is 4.33. The van der Waals surface area contributed by atoms with Crippen LogP contribution < -0.4 is 14.9 Å². The largest absolute Gasteiger partial charge is 0.504 e. The number of rotatable bonds is 5. The number of carbonyl (C=O) groups excluding carboxylic acids is 1. The summed E-state index contributed by atoms with van der Waals surface area (Å²) < 4.78 is 10.0. The molecule has 2 N–H and O–H groups in total. The number of amides is 1. The van der Waals surface area contributed by atoms with Crippen LogP contribution in [0.4, 0.5) is 0 Å². The van der Waals surface area contributed by atoms with Crippen LogP contribution in [0.1, 0.15) is 15.9 Å². The molecule has 0 unspecified atom stereocenters. The van der Waals surface area contributed by atoms with E-state index in [1.165, 1.54) is 20.4 Å². The lowest BCUT2D eigenvalue weighted by molar-refractivity contribution is 0.0954. The third-order valence-corrected chi connectivity index (χ3v) is 2.95. The van der Waals surface area contributed by atoms with E-state index in [0.29, 0.717) is 22.6 Å². The molecule has 0 radical (unpaired) electrons. The van der Waals surface area contributed by atoms with Gasteiger partial charge in [-0.25, -0.2) is 5.43 Å². The lowest BCUT2D eigenvalue weighted by Crippen LogP contribution is -2.17. The third-order valence-electron chi connectivity index (χ3n) is 2.95. The van der Waals surface area contributed by atoms with Gasteiger partial charge in [-0.15, -0.1) is 0 Å². The van der Waals surface area contributed by atoms with Gasteiger partial charge in [-0.2, -0.15) is 5.10 Å². The van der Waals surface area contributed by atoms with Crippen LogP contribution in [0, 0.1) is 0 Å². The van der Waals surface area contributed by atoms with Gasteiger partial charge in [0.25, 0.3) is 5.91 Å². The van der Waals surface area contributed by atoms with E-state index in [4.69, 9.17) is 9.47 Å². The number of carbonyl (C=O) groups is 1. The van der Waals surface area contributed by atoms with Gasteiger partial charge in [0.2, 0.25) is 0 Å². The molecule has 0 aliphatic heterocycles. The fourth-order valence-corrected chi connectivity index (χ4v) is 1.80. The number of methoxy groups -OCH3 is 2. The minimum Gasteiger partial charge on any atom is -0.504 e. The van der Waals surface area contributed by atoms with Crippen LogP contribution in [-0.4, -0.2) is 31.4 Å². The minimum absolute atomic E-state index is 0.0376. The maximum atomic E-state index is 11.9. The molecule has 22 heavy (non-hydrogen) atoms. The average molecular weight is 300 g/mol. The SMILES string of the molecule is COc1cccc(C(=O)N/N=C\c2cccc(OC)c2O)c1. The molecule has 2 aromatic carbocycles. The van der Waals surface area contributed by atoms with E-state index in [1.807, 2.05) is 0 Å². The summed E-state index contributed by atoms with van der Waals surface area (Å²) in [5.74, 6) is 0.507. The third kappa shape index (κ3) is 3.54. The molecule has 6 heteroatoms. The molecule has 0 aliphatic carbocycles. The molecule has 0 saturated carbocycles. The Bertz CT molecular complexity index is 698. The van der Waals surface area contributed by atoms with E-state index in [9.17, 15) is 9.90 Å². The fraction of sp³-hybridized carbons (Fsp3) is 0.125. The van der Waals surface area contributed by atoms with E-state index < -0.39 is 0 Å². The standard InChI is InChI=1S/C16H16N2O4/c1-21-13-7-3-5-11(9-13)16(20)18-17-10-12-6-4-8-14(22-2)15(12)19/h3-10,19H,1-2H3,(H,18,20)/b17-10-. The Balaban J connectivity index is 2.07. The molecular formula is C16H16N2O4. The highest BCUT2D eigenvalue weighted by Crippen LogP contribution is 2.27. The van der Waals surface area contributed by atoms with Crippen LogP contribution >= 0.6 is 0 Å². The van der Waals surface area contributed by atoms with Gasteiger partial charge in [-0.3, -0.25) is 4.79 Å². The summed E-state index contributed by atoms with van der Waals surface area (Å²) in [5, 5.41) is 13.7. The number of ether oxygens (including phenoxy) is 2. The Kier molecular flexibility index (Phi) is 4.98. The smallest absolute Gasteiger partial charge is 0.271 e. The Morgan fingerprint density at radius 1 is 1.18 bits per heavy atom. The van der Waals surface area contributed by atoms with Crippen molar-refractivity contribution in [3.8, 4) is 17.2 Å². The summed E-state index contributed by atoms with van der Waals surface area (Å²) in [6.45, 7) is 0. The van der Waals surface area contributed by atoms with Gasteiger partial charge < -0.3 is 14.6 Å². The molecule has 0 aliphatic rings. The Morgan fingerprint density at radius 2 is 1.95 bits per heavy atom. The maximum Gasteiger partial charge on any atom is 0.271 e. The van der Waals surface area contributed by atoms with Crippen molar-refractivity contribution >= 4 is 12.1 Å². The number of nitrogens with zero attached hydrogens (tertiary/aromatic N) is 1. The Hall–Kier alpha value is -3.02. The molecule has 0 aromatic heterocycles. The number of hydrazone groups is 1. The molecule has 0 saturated heterocycles. The Morgan fingerprint density at radius 3 is 2.68 bits per heavy atom. The first-order valence-corrected chi connectivity index (χ1v) is 6.49. The van der Waals surface area contributed by atoms with Gasteiger partial charge in [-0.05, 0) is 30.3 Å². The monoisotopic (exact) mass is 300 g/mol. The van der Waals surface area contributed by atoms with Crippen molar-refractivity contribution in [1.82, 2.24) is 5.43 Å². The number of hydrogen-bond donors (Lipinski definition) is 2. The highest BCUT2D eigenvalue weighted by atomic mass is 16.5. The van der Waals surface area contributed by atoms with Crippen LogP contribution in [0.5, 0.6) is 17.2 Å². The van der Waals surface area contributed by atoms with Gasteiger partial charge in [0.05, 0.1) is 20.4 Å². The van der Waals surface area contributed by atoms with E-state index in [0.717, 1.165) is 0 Å². The quantitative estimate of drug-likeness (QED) is 0.655. The van der Waals surface area contributed by atoms with Crippen LogP contribution in [0.15, 0.2) is 47.6 Å². The predicted molar refractivity (Wildman–Crippen MR) is 82.7 cm³/mol. The first kappa shape index (κ1) is 15.4.